The van der Waals surface area contributed by atoms with E-state index in [1.165, 1.54) is 26.3 Å². The van der Waals surface area contributed by atoms with E-state index < -0.39 is 16.0 Å². The van der Waals surface area contributed by atoms with Gasteiger partial charge in [-0.2, -0.15) is 4.31 Å². The van der Waals surface area contributed by atoms with Crippen LogP contribution in [-0.2, 0) is 10.0 Å². The standard InChI is InChI=1S/C11H15NO6S/c1-12(5-6-13)19(16,17)10-4-3-8(11(14)15)7-9(10)18-2/h3-4,7,13H,5-6H2,1-2H3,(H,14,15). The van der Waals surface area contributed by atoms with Crippen LogP contribution in [0.2, 0.25) is 0 Å². The minimum absolute atomic E-state index is 0.0512. The lowest BCUT2D eigenvalue weighted by molar-refractivity contribution is 0.0696. The third-order valence-electron chi connectivity index (χ3n) is 2.51. The summed E-state index contributed by atoms with van der Waals surface area (Å²) < 4.78 is 30.2. The summed E-state index contributed by atoms with van der Waals surface area (Å²) in [6, 6.07) is 3.50. The third kappa shape index (κ3) is 3.22. The molecule has 0 aliphatic carbocycles. The number of methoxy groups -OCH3 is 1. The molecule has 19 heavy (non-hydrogen) atoms. The Kier molecular flexibility index (Phi) is 4.87. The van der Waals surface area contributed by atoms with E-state index in [1.807, 2.05) is 0 Å². The van der Waals surface area contributed by atoms with Crippen LogP contribution in [0.25, 0.3) is 0 Å². The molecule has 1 aromatic rings. The van der Waals surface area contributed by atoms with E-state index in [1.54, 1.807) is 0 Å². The normalized spacial score (nSPS) is 11.6. The van der Waals surface area contributed by atoms with Crippen LogP contribution in [0.15, 0.2) is 23.1 Å². The molecule has 0 aliphatic heterocycles. The zero-order valence-corrected chi connectivity index (χ0v) is 11.3. The van der Waals surface area contributed by atoms with Crippen molar-refractivity contribution in [2.75, 3.05) is 27.3 Å². The highest BCUT2D eigenvalue weighted by Gasteiger charge is 2.25. The molecular weight excluding hydrogens is 274 g/mol. The molecule has 0 aromatic heterocycles. The van der Waals surface area contributed by atoms with Gasteiger partial charge in [0.25, 0.3) is 0 Å². The number of rotatable bonds is 6. The fourth-order valence-electron chi connectivity index (χ4n) is 1.44. The van der Waals surface area contributed by atoms with Gasteiger partial charge in [0.2, 0.25) is 10.0 Å². The van der Waals surface area contributed by atoms with E-state index >= 15 is 0 Å². The van der Waals surface area contributed by atoms with Gasteiger partial charge >= 0.3 is 5.97 Å². The van der Waals surface area contributed by atoms with E-state index in [4.69, 9.17) is 14.9 Å². The van der Waals surface area contributed by atoms with Crippen LogP contribution in [-0.4, -0.2) is 56.2 Å². The monoisotopic (exact) mass is 289 g/mol. The molecule has 106 valence electrons. The van der Waals surface area contributed by atoms with Gasteiger partial charge in [-0.25, -0.2) is 13.2 Å². The lowest BCUT2D eigenvalue weighted by atomic mass is 10.2. The first-order chi connectivity index (χ1) is 8.84. The highest BCUT2D eigenvalue weighted by Crippen LogP contribution is 2.27. The van der Waals surface area contributed by atoms with Crippen molar-refractivity contribution in [1.82, 2.24) is 4.31 Å². The average Bonchev–Trinajstić information content (AvgIpc) is 2.38. The second-order valence-electron chi connectivity index (χ2n) is 3.72. The van der Waals surface area contributed by atoms with Gasteiger partial charge in [0, 0.05) is 13.6 Å². The molecule has 0 spiro atoms. The van der Waals surface area contributed by atoms with E-state index in [0.717, 1.165) is 10.4 Å². The predicted molar refractivity (Wildman–Crippen MR) is 66.9 cm³/mol. The fourth-order valence-corrected chi connectivity index (χ4v) is 2.74. The maximum atomic E-state index is 12.2. The number of likely N-dealkylation sites (N-methyl/N-ethyl adjacent to an activating group) is 1. The van der Waals surface area contributed by atoms with Crippen molar-refractivity contribution < 1.29 is 28.2 Å². The molecular formula is C11H15NO6S. The summed E-state index contributed by atoms with van der Waals surface area (Å²) in [5.41, 5.74) is -0.0689. The van der Waals surface area contributed by atoms with Crippen molar-refractivity contribution >= 4 is 16.0 Å². The summed E-state index contributed by atoms with van der Waals surface area (Å²) in [5, 5.41) is 17.6. The first-order valence-electron chi connectivity index (χ1n) is 5.33. The number of aliphatic hydroxyl groups is 1. The Morgan fingerprint density at radius 3 is 2.53 bits per heavy atom. The number of hydrogen-bond donors (Lipinski definition) is 2. The van der Waals surface area contributed by atoms with Crippen LogP contribution < -0.4 is 4.74 Å². The van der Waals surface area contributed by atoms with Gasteiger partial charge in [-0.3, -0.25) is 0 Å². The summed E-state index contributed by atoms with van der Waals surface area (Å²) in [4.78, 5) is 10.7. The smallest absolute Gasteiger partial charge is 0.335 e. The predicted octanol–water partition coefficient (Wildman–Crippen LogP) is 0.00620. The van der Waals surface area contributed by atoms with Gasteiger partial charge in [0.1, 0.15) is 10.6 Å². The molecule has 0 bridgehead atoms. The highest BCUT2D eigenvalue weighted by atomic mass is 32.2. The zero-order valence-electron chi connectivity index (χ0n) is 10.5. The number of benzene rings is 1. The summed E-state index contributed by atoms with van der Waals surface area (Å²) in [5.74, 6) is -1.23. The topological polar surface area (TPSA) is 104 Å². The molecule has 0 aliphatic rings. The van der Waals surface area contributed by atoms with Crippen LogP contribution in [0.1, 0.15) is 10.4 Å². The molecule has 0 fully saturated rings. The molecule has 8 heteroatoms. The summed E-state index contributed by atoms with van der Waals surface area (Å²) >= 11 is 0. The molecule has 0 unspecified atom stereocenters. The van der Waals surface area contributed by atoms with Crippen molar-refractivity contribution in [3.8, 4) is 5.75 Å². The van der Waals surface area contributed by atoms with Gasteiger partial charge in [0.05, 0.1) is 19.3 Å². The summed E-state index contributed by atoms with van der Waals surface area (Å²) in [7, 11) is -1.26. The van der Waals surface area contributed by atoms with Crippen LogP contribution >= 0.6 is 0 Å². The van der Waals surface area contributed by atoms with Gasteiger partial charge in [-0.15, -0.1) is 0 Å². The Bertz CT molecular complexity index is 569. The second-order valence-corrected chi connectivity index (χ2v) is 5.73. The van der Waals surface area contributed by atoms with Crippen molar-refractivity contribution in [1.29, 1.82) is 0 Å². The van der Waals surface area contributed by atoms with Crippen molar-refractivity contribution in [3.05, 3.63) is 23.8 Å². The Labute approximate surface area is 111 Å². The molecule has 0 radical (unpaired) electrons. The number of sulfonamides is 1. The molecule has 0 atom stereocenters. The first-order valence-corrected chi connectivity index (χ1v) is 6.77. The molecule has 1 aromatic carbocycles. The highest BCUT2D eigenvalue weighted by molar-refractivity contribution is 7.89. The quantitative estimate of drug-likeness (QED) is 0.764. The summed E-state index contributed by atoms with van der Waals surface area (Å²) in [6.07, 6.45) is 0. The Hall–Kier alpha value is -1.64. The number of aromatic carboxylic acids is 1. The maximum Gasteiger partial charge on any atom is 0.335 e. The SMILES string of the molecule is COc1cc(C(=O)O)ccc1S(=O)(=O)N(C)CCO. The molecule has 7 nitrogen and oxygen atoms in total. The van der Waals surface area contributed by atoms with Gasteiger partial charge in [-0.05, 0) is 18.2 Å². The minimum atomic E-state index is -3.83. The minimum Gasteiger partial charge on any atom is -0.495 e. The van der Waals surface area contributed by atoms with Crippen LogP contribution in [0.3, 0.4) is 0 Å². The van der Waals surface area contributed by atoms with E-state index in [9.17, 15) is 13.2 Å². The zero-order chi connectivity index (χ0) is 14.6. The first kappa shape index (κ1) is 15.4. The molecule has 0 amide bonds. The molecule has 0 saturated heterocycles. The summed E-state index contributed by atoms with van der Waals surface area (Å²) in [6.45, 7) is -0.378. The van der Waals surface area contributed by atoms with Crippen molar-refractivity contribution in [3.63, 3.8) is 0 Å². The number of nitrogens with zero attached hydrogens (tertiary/aromatic N) is 1. The largest absolute Gasteiger partial charge is 0.495 e. The number of carbonyl (C=O) groups is 1. The maximum absolute atomic E-state index is 12.2. The van der Waals surface area contributed by atoms with E-state index in [0.29, 0.717) is 0 Å². The average molecular weight is 289 g/mol. The van der Waals surface area contributed by atoms with Crippen LogP contribution in [0, 0.1) is 0 Å². The number of hydrogen-bond acceptors (Lipinski definition) is 5. The van der Waals surface area contributed by atoms with Gasteiger partial charge in [0.15, 0.2) is 0 Å². The second kappa shape index (κ2) is 6.00. The molecule has 1 rings (SSSR count). The number of carboxylic acids is 1. The lowest BCUT2D eigenvalue weighted by Crippen LogP contribution is -2.30. The van der Waals surface area contributed by atoms with Gasteiger partial charge < -0.3 is 14.9 Å². The van der Waals surface area contributed by atoms with Gasteiger partial charge in [-0.1, -0.05) is 0 Å². The Morgan fingerprint density at radius 2 is 2.05 bits per heavy atom. The molecule has 0 heterocycles. The van der Waals surface area contributed by atoms with Crippen LogP contribution in [0.4, 0.5) is 0 Å². The molecule has 2 N–H and O–H groups in total. The van der Waals surface area contributed by atoms with E-state index in [2.05, 4.69) is 0 Å². The fraction of sp³-hybridized carbons (Fsp3) is 0.364. The third-order valence-corrected chi connectivity index (χ3v) is 4.41. The molecule has 0 saturated carbocycles. The Balaban J connectivity index is 3.31. The lowest BCUT2D eigenvalue weighted by Gasteiger charge is -2.18. The Morgan fingerprint density at radius 1 is 1.42 bits per heavy atom. The number of carboxylic acid groups (broad SMARTS) is 1. The van der Waals surface area contributed by atoms with Crippen molar-refractivity contribution in [2.24, 2.45) is 0 Å². The van der Waals surface area contributed by atoms with E-state index in [-0.39, 0.29) is 29.4 Å². The van der Waals surface area contributed by atoms with Crippen molar-refractivity contribution in [2.45, 2.75) is 4.90 Å². The number of aliphatic hydroxyl groups excluding tert-OH is 1. The van der Waals surface area contributed by atoms with Crippen LogP contribution in [0.5, 0.6) is 5.75 Å². The number of ether oxygens (including phenoxy) is 1.